The van der Waals surface area contributed by atoms with Crippen molar-refractivity contribution in [2.75, 3.05) is 78.8 Å². The Morgan fingerprint density at radius 1 is 0.812 bits per heavy atom. The summed E-state index contributed by atoms with van der Waals surface area (Å²) in [6.45, 7) is 16.9. The van der Waals surface area contributed by atoms with E-state index in [0.717, 1.165) is 31.1 Å². The van der Waals surface area contributed by atoms with E-state index in [1.165, 1.54) is 36.4 Å². The van der Waals surface area contributed by atoms with E-state index in [0.29, 0.717) is 74.2 Å². The van der Waals surface area contributed by atoms with Crippen LogP contribution in [-0.2, 0) is 93.3 Å². The minimum absolute atomic E-state index is 0.0179. The molecule has 29 nitrogen and oxygen atoms in total. The molecule has 9 amide bonds. The summed E-state index contributed by atoms with van der Waals surface area (Å²) in [5.74, 6) is 2.04. The fourth-order valence-corrected chi connectivity index (χ4v) is 12.0. The number of benzene rings is 2. The highest BCUT2D eigenvalue weighted by atomic mass is 32.2. The molecule has 4 aromatic rings. The van der Waals surface area contributed by atoms with Crippen LogP contribution in [0, 0.1) is 29.6 Å². The smallest absolute Gasteiger partial charge is 0.410 e. The molecule has 2 aromatic heterocycles. The van der Waals surface area contributed by atoms with Crippen LogP contribution in [0.4, 0.5) is 10.5 Å². The van der Waals surface area contributed by atoms with Crippen LogP contribution in [0.2, 0.25) is 0 Å². The Bertz CT molecular complexity index is 3560. The first kappa shape index (κ1) is 82.7. The molecule has 30 heteroatoms. The largest absolute Gasteiger partial charge is 0.445 e. The number of anilines is 1. The van der Waals surface area contributed by atoms with Crippen molar-refractivity contribution in [2.45, 2.75) is 187 Å². The molecular weight excluding hydrogens is 1320 g/mol. The van der Waals surface area contributed by atoms with Crippen molar-refractivity contribution < 1.29 is 70.5 Å². The summed E-state index contributed by atoms with van der Waals surface area (Å²) >= 11 is 0. The van der Waals surface area contributed by atoms with E-state index < -0.39 is 94.6 Å². The Morgan fingerprint density at radius 3 is 2.17 bits per heavy atom. The number of likely N-dealkylation sites (tertiary alicyclic amines) is 1. The van der Waals surface area contributed by atoms with Crippen molar-refractivity contribution in [3.8, 4) is 11.8 Å². The van der Waals surface area contributed by atoms with Gasteiger partial charge < -0.3 is 60.6 Å². The first-order valence-corrected chi connectivity index (χ1v) is 36.1. The predicted molar refractivity (Wildman–Crippen MR) is 376 cm³/mol. The lowest BCUT2D eigenvalue weighted by Crippen LogP contribution is -2.55. The van der Waals surface area contributed by atoms with E-state index in [2.05, 4.69) is 64.0 Å². The third-order valence-corrected chi connectivity index (χ3v) is 18.1. The van der Waals surface area contributed by atoms with Gasteiger partial charge in [0.15, 0.2) is 0 Å². The van der Waals surface area contributed by atoms with Crippen molar-refractivity contribution in [2.24, 2.45) is 17.8 Å². The summed E-state index contributed by atoms with van der Waals surface area (Å²) < 4.78 is 47.7. The van der Waals surface area contributed by atoms with Gasteiger partial charge in [-0.15, -0.1) is 5.10 Å². The molecule has 1 aliphatic rings. The molecule has 5 unspecified atom stereocenters. The molecule has 0 radical (unpaired) electrons. The first-order chi connectivity index (χ1) is 47.8. The van der Waals surface area contributed by atoms with Gasteiger partial charge in [-0.3, -0.25) is 43.3 Å². The van der Waals surface area contributed by atoms with E-state index in [9.17, 15) is 51.6 Å². The van der Waals surface area contributed by atoms with Crippen LogP contribution < -0.4 is 31.9 Å². The van der Waals surface area contributed by atoms with Gasteiger partial charge in [-0.05, 0) is 101 Å². The highest BCUT2D eigenvalue weighted by Gasteiger charge is 2.39. The maximum absolute atomic E-state index is 14.0. The highest BCUT2D eigenvalue weighted by molar-refractivity contribution is 7.90. The number of unbranched alkanes of at least 4 members (excludes halogenated alkanes) is 1. The van der Waals surface area contributed by atoms with Crippen molar-refractivity contribution in [3.63, 3.8) is 0 Å². The normalized spacial score (nSPS) is 14.6. The fourth-order valence-electron chi connectivity index (χ4n) is 11.5. The van der Waals surface area contributed by atoms with Gasteiger partial charge in [0.05, 0.1) is 62.1 Å². The number of ether oxygens (including phenoxy) is 4. The van der Waals surface area contributed by atoms with Gasteiger partial charge in [-0.1, -0.05) is 101 Å². The van der Waals surface area contributed by atoms with E-state index in [4.69, 9.17) is 18.9 Å². The van der Waals surface area contributed by atoms with Gasteiger partial charge in [-0.25, -0.2) is 27.9 Å². The monoisotopic (exact) mass is 1420 g/mol. The third kappa shape index (κ3) is 28.9. The lowest BCUT2D eigenvalue weighted by atomic mass is 9.90. The van der Waals surface area contributed by atoms with Crippen LogP contribution in [-0.4, -0.2) is 210 Å². The van der Waals surface area contributed by atoms with Crippen LogP contribution >= 0.6 is 0 Å². The molecule has 0 spiro atoms. The zero-order chi connectivity index (χ0) is 74.5. The van der Waals surface area contributed by atoms with E-state index in [1.54, 1.807) is 56.0 Å². The minimum atomic E-state index is -3.50. The number of likely N-dealkylation sites (N-methyl/N-ethyl adjacent to an activating group) is 2. The summed E-state index contributed by atoms with van der Waals surface area (Å²) in [6, 6.07) is 14.7. The Kier molecular flexibility index (Phi) is 33.2. The number of nitrogens with one attached hydrogen (secondary N) is 6. The number of amides is 9. The summed E-state index contributed by atoms with van der Waals surface area (Å²) in [7, 11) is 1.08. The molecule has 0 bridgehead atoms. The molecule has 5 rings (SSSR count). The summed E-state index contributed by atoms with van der Waals surface area (Å²) in [5.41, 5.74) is 1.73. The van der Waals surface area contributed by atoms with Gasteiger partial charge in [0.25, 0.3) is 0 Å². The standard InChI is InChI=1S/C71H104N14O15S/c1-14-49(4)65(57(97-12)37-62(90)85-34-21-25-56(85)36-50(5)66(92)72-33-31-51-22-17-15-18-23-51)82(10)63(91)42-75-67(93)64(48(2)3)83(11)69(94)99-44-52-27-29-54(30-28-52)78-59(87)41-74-60(88)45-98-46-61(89)79-70(6,7)32-35-100-71(8,9)47-84-43-55(80-81-84)40-73-58(86)26-20-16-19-24-53-38-76-68(77-39-53)101(13,95)96/h15,17-18,22-23,27-30,38-39,43,48-50,56-57,64-65H,14,16,20-21,25-26,31-37,40-42,44-47H2,1-13H3,(H,72,92)(H,73,86)(H,74,88)(H,75,93)(H,78,87)(H,79,89)/t49?,50?,56-,57?,64?,65?/m0/s1. The maximum Gasteiger partial charge on any atom is 0.410 e. The molecule has 2 aromatic carbocycles. The molecule has 6 N–H and O–H groups in total. The van der Waals surface area contributed by atoms with Gasteiger partial charge >= 0.3 is 6.09 Å². The number of rotatable bonds is 40. The molecule has 554 valence electrons. The van der Waals surface area contributed by atoms with E-state index in [1.807, 2.05) is 83.7 Å². The third-order valence-electron chi connectivity index (χ3n) is 17.2. The second-order valence-electron chi connectivity index (χ2n) is 27.1. The number of hydrogen-bond acceptors (Lipinski definition) is 19. The minimum Gasteiger partial charge on any atom is -0.445 e. The van der Waals surface area contributed by atoms with E-state index >= 15 is 0 Å². The van der Waals surface area contributed by atoms with Gasteiger partial charge in [0, 0.05) is 95.6 Å². The zero-order valence-electron chi connectivity index (χ0n) is 60.7. The number of hydrogen-bond donors (Lipinski definition) is 6. The Hall–Kier alpha value is -8.92. The molecule has 0 saturated carbocycles. The Labute approximate surface area is 593 Å². The number of carbonyl (C=O) groups excluding carboxylic acids is 9. The molecule has 1 saturated heterocycles. The van der Waals surface area contributed by atoms with Crippen LogP contribution in [0.5, 0.6) is 0 Å². The maximum atomic E-state index is 14.0. The number of aromatic nitrogens is 5. The first-order valence-electron chi connectivity index (χ1n) is 34.2. The van der Waals surface area contributed by atoms with Crippen LogP contribution in [0.25, 0.3) is 0 Å². The number of carbonyl (C=O) groups is 9. The molecule has 6 atom stereocenters. The summed E-state index contributed by atoms with van der Waals surface area (Å²) in [5, 5.41) is 24.6. The van der Waals surface area contributed by atoms with Gasteiger partial charge in [0.2, 0.25) is 62.3 Å². The number of methoxy groups -OCH3 is 1. The fraction of sp³-hybridized carbons (Fsp3) is 0.592. The lowest BCUT2D eigenvalue weighted by Gasteiger charge is -2.38. The summed E-state index contributed by atoms with van der Waals surface area (Å²) in [6.07, 6.45) is 9.11. The van der Waals surface area contributed by atoms with Crippen molar-refractivity contribution in [3.05, 3.63) is 95.6 Å². The van der Waals surface area contributed by atoms with Crippen molar-refractivity contribution >= 4 is 68.9 Å². The molecule has 0 aliphatic carbocycles. The Balaban J connectivity index is 0.944. The van der Waals surface area contributed by atoms with E-state index in [-0.39, 0.29) is 85.8 Å². The second kappa shape index (κ2) is 40.5. The molecule has 1 fully saturated rings. The van der Waals surface area contributed by atoms with Crippen LogP contribution in [0.1, 0.15) is 142 Å². The predicted octanol–water partition coefficient (Wildman–Crippen LogP) is 4.52. The molecule has 101 heavy (non-hydrogen) atoms. The number of sulfone groups is 1. The second-order valence-corrected chi connectivity index (χ2v) is 29.1. The summed E-state index contributed by atoms with van der Waals surface area (Å²) in [4.78, 5) is 131. The average Bonchev–Trinajstić information content (AvgIpc) is 1.75. The van der Waals surface area contributed by atoms with Gasteiger partial charge in [0.1, 0.15) is 31.6 Å². The highest BCUT2D eigenvalue weighted by Crippen LogP contribution is 2.28. The van der Waals surface area contributed by atoms with Crippen LogP contribution in [0.3, 0.4) is 0 Å². The van der Waals surface area contributed by atoms with Gasteiger partial charge in [-0.2, -0.15) is 0 Å². The number of nitrogens with zero attached hydrogens (tertiary/aromatic N) is 8. The topological polar surface area (TPSA) is 363 Å². The lowest BCUT2D eigenvalue weighted by molar-refractivity contribution is -0.143. The molecule has 3 heterocycles. The Morgan fingerprint density at radius 2 is 1.50 bits per heavy atom. The molecular formula is C71H104N14O15S. The van der Waals surface area contributed by atoms with Crippen LogP contribution in [0.15, 0.2) is 78.3 Å². The van der Waals surface area contributed by atoms with Crippen molar-refractivity contribution in [1.29, 1.82) is 0 Å². The SMILES string of the molecule is CCC(C)C(C(CC(=O)N1CCC[C@H]1CC(C)C(=O)NCCc1ccccc1)OC)N(C)C(=O)CNC(=O)C(C(C)C)N(C)C(=O)OCc1ccc(NC(=O)CNC(=O)COCC(=O)NC(C)(C)CCOC(C)(C)Cn2cc(CNC(=O)CCCC#Cc3cnc(S(C)(=O)=O)nc3)nn2)cc1. The molecule has 1 aliphatic heterocycles. The van der Waals surface area contributed by atoms with Crippen molar-refractivity contribution in [1.82, 2.24) is 66.2 Å². The quantitative estimate of drug-likeness (QED) is 0.0202. The zero-order valence-corrected chi connectivity index (χ0v) is 61.5. The average molecular weight is 1430 g/mol.